The maximum atomic E-state index is 12.7. The molecule has 3 N–H and O–H groups in total. The van der Waals surface area contributed by atoms with Crippen molar-refractivity contribution in [3.05, 3.63) is 0 Å². The van der Waals surface area contributed by atoms with Gasteiger partial charge in [-0.05, 0) is 32.1 Å². The molecule has 172 valence electrons. The molecule has 2 saturated heterocycles. The van der Waals surface area contributed by atoms with E-state index < -0.39 is 11.6 Å². The first-order valence-corrected chi connectivity index (χ1v) is 11.4. The van der Waals surface area contributed by atoms with Crippen LogP contribution in [-0.4, -0.2) is 101 Å². The molecule has 0 aromatic carbocycles. The normalized spacial score (nSPS) is 30.7. The third-order valence-corrected chi connectivity index (χ3v) is 7.45. The van der Waals surface area contributed by atoms with E-state index in [1.807, 2.05) is 4.90 Å². The van der Waals surface area contributed by atoms with Crippen molar-refractivity contribution in [1.82, 2.24) is 25.3 Å². The van der Waals surface area contributed by atoms with Gasteiger partial charge in [0.2, 0.25) is 11.8 Å². The Kier molecular flexibility index (Phi) is 6.20. The van der Waals surface area contributed by atoms with Crippen molar-refractivity contribution in [3.63, 3.8) is 0 Å². The number of nitrogens with one attached hydrogen (secondary N) is 2. The summed E-state index contributed by atoms with van der Waals surface area (Å²) in [5, 5.41) is 16.5. The van der Waals surface area contributed by atoms with Gasteiger partial charge >= 0.3 is 6.03 Å². The summed E-state index contributed by atoms with van der Waals surface area (Å²) in [5.41, 5.74) is -0.716. The fourth-order valence-corrected chi connectivity index (χ4v) is 5.65. The zero-order valence-corrected chi connectivity index (χ0v) is 18.1. The van der Waals surface area contributed by atoms with Crippen molar-refractivity contribution >= 4 is 23.8 Å². The van der Waals surface area contributed by atoms with Gasteiger partial charge in [-0.15, -0.1) is 0 Å². The number of nitrogens with zero attached hydrogens (tertiary/aromatic N) is 3. The predicted molar refractivity (Wildman–Crippen MR) is 111 cm³/mol. The first-order chi connectivity index (χ1) is 14.8. The van der Waals surface area contributed by atoms with E-state index in [1.165, 1.54) is 4.90 Å². The summed E-state index contributed by atoms with van der Waals surface area (Å²) in [5.74, 6) is -0.301. The van der Waals surface area contributed by atoms with Gasteiger partial charge in [-0.2, -0.15) is 0 Å². The van der Waals surface area contributed by atoms with Crippen molar-refractivity contribution in [2.75, 3.05) is 33.2 Å². The lowest BCUT2D eigenvalue weighted by molar-refractivity contribution is -0.136. The molecule has 4 fully saturated rings. The number of hydrogen-bond acceptors (Lipinski definition) is 6. The van der Waals surface area contributed by atoms with Gasteiger partial charge in [-0.1, -0.05) is 12.8 Å². The molecule has 0 radical (unpaired) electrons. The van der Waals surface area contributed by atoms with E-state index >= 15 is 0 Å². The Balaban J connectivity index is 1.26. The van der Waals surface area contributed by atoms with Crippen LogP contribution in [0, 0.1) is 0 Å². The second-order valence-corrected chi connectivity index (χ2v) is 9.31. The highest BCUT2D eigenvalue weighted by Crippen LogP contribution is 2.35. The largest absolute Gasteiger partial charge is 0.389 e. The number of carbonyl (C=O) groups is 4. The molecule has 2 heterocycles. The molecule has 4 rings (SSSR count). The number of rotatable bonds is 6. The van der Waals surface area contributed by atoms with E-state index in [4.69, 9.17) is 0 Å². The fraction of sp³-hybridized carbons (Fsp3) is 0.810. The second-order valence-electron chi connectivity index (χ2n) is 9.31. The van der Waals surface area contributed by atoms with Gasteiger partial charge in [0.1, 0.15) is 5.54 Å². The minimum Gasteiger partial charge on any atom is -0.389 e. The molecular formula is C21H33N5O5. The number of likely N-dealkylation sites (N-methyl/N-ethyl adjacent to an activating group) is 1. The Morgan fingerprint density at radius 2 is 1.97 bits per heavy atom. The highest BCUT2D eigenvalue weighted by molar-refractivity contribution is 6.07. The summed E-state index contributed by atoms with van der Waals surface area (Å²) in [6, 6.07) is -0.770. The Labute approximate surface area is 182 Å². The molecule has 4 aliphatic rings. The lowest BCUT2D eigenvalue weighted by Crippen LogP contribution is -2.55. The van der Waals surface area contributed by atoms with Gasteiger partial charge < -0.3 is 20.6 Å². The molecule has 0 aromatic rings. The van der Waals surface area contributed by atoms with Crippen LogP contribution in [0.15, 0.2) is 0 Å². The molecule has 10 heteroatoms. The first kappa shape index (κ1) is 22.0. The zero-order valence-electron chi connectivity index (χ0n) is 18.1. The van der Waals surface area contributed by atoms with Gasteiger partial charge in [-0.25, -0.2) is 4.79 Å². The van der Waals surface area contributed by atoms with Crippen LogP contribution in [0.5, 0.6) is 0 Å². The third kappa shape index (κ3) is 4.15. The summed E-state index contributed by atoms with van der Waals surface area (Å²) < 4.78 is 0. The summed E-state index contributed by atoms with van der Waals surface area (Å²) >= 11 is 0. The summed E-state index contributed by atoms with van der Waals surface area (Å²) in [6.07, 6.45) is 4.59. The molecular weight excluding hydrogens is 402 g/mol. The van der Waals surface area contributed by atoms with Crippen LogP contribution in [0.25, 0.3) is 0 Å². The molecule has 1 spiro atoms. The Hall–Kier alpha value is -2.20. The lowest BCUT2D eigenvalue weighted by atomic mass is 9.98. The number of piperazine rings is 1. The quantitative estimate of drug-likeness (QED) is 0.480. The maximum Gasteiger partial charge on any atom is 0.325 e. The molecule has 0 bridgehead atoms. The van der Waals surface area contributed by atoms with Crippen LogP contribution < -0.4 is 10.6 Å². The molecule has 2 saturated carbocycles. The van der Waals surface area contributed by atoms with E-state index in [-0.39, 0.29) is 55.3 Å². The summed E-state index contributed by atoms with van der Waals surface area (Å²) in [7, 11) is 1.70. The molecule has 2 aliphatic heterocycles. The third-order valence-electron chi connectivity index (χ3n) is 7.45. The Morgan fingerprint density at radius 1 is 1.23 bits per heavy atom. The maximum absolute atomic E-state index is 12.7. The van der Waals surface area contributed by atoms with Crippen molar-refractivity contribution in [1.29, 1.82) is 0 Å². The second kappa shape index (κ2) is 8.74. The standard InChI is InChI=1S/C21H33N5O5/c1-24(14-6-7-15(18(14)29)25-12-10-22-16(27)13-25)17(28)5-4-11-26-19(30)21(23-20(26)31)8-2-3-9-21/h14-15,18,29H,2-13H2,1H3,(H,22,27)(H,23,31)/t14-,15-,18-/m1/s1. The monoisotopic (exact) mass is 435 g/mol. The molecule has 10 nitrogen and oxygen atoms in total. The van der Waals surface area contributed by atoms with E-state index in [0.717, 1.165) is 19.3 Å². The SMILES string of the molecule is CN(C(=O)CCCN1C(=O)NC2(CCCC2)C1=O)[C@@H]1CC[C@@H](N2CCNC(=O)C2)[C@@H]1O. The van der Waals surface area contributed by atoms with Gasteiger partial charge in [-0.3, -0.25) is 24.2 Å². The number of aliphatic hydroxyl groups excluding tert-OH is 1. The fourth-order valence-electron chi connectivity index (χ4n) is 5.65. The highest BCUT2D eigenvalue weighted by atomic mass is 16.3. The summed E-state index contributed by atoms with van der Waals surface area (Å²) in [4.78, 5) is 54.2. The van der Waals surface area contributed by atoms with E-state index in [9.17, 15) is 24.3 Å². The van der Waals surface area contributed by atoms with Crippen molar-refractivity contribution in [2.45, 2.75) is 75.1 Å². The average Bonchev–Trinajstić information content (AvgIpc) is 3.42. The van der Waals surface area contributed by atoms with Gasteiger partial charge in [0, 0.05) is 39.1 Å². The number of aliphatic hydroxyl groups is 1. The van der Waals surface area contributed by atoms with Crippen LogP contribution in [0.2, 0.25) is 0 Å². The number of hydrogen-bond donors (Lipinski definition) is 3. The van der Waals surface area contributed by atoms with Gasteiger partial charge in [0.15, 0.2) is 0 Å². The minimum absolute atomic E-state index is 0.0359. The average molecular weight is 436 g/mol. The van der Waals surface area contributed by atoms with Gasteiger partial charge in [0.25, 0.3) is 5.91 Å². The molecule has 5 amide bonds. The molecule has 3 atom stereocenters. The van der Waals surface area contributed by atoms with Crippen LogP contribution in [0.1, 0.15) is 51.4 Å². The highest BCUT2D eigenvalue weighted by Gasteiger charge is 2.52. The lowest BCUT2D eigenvalue weighted by Gasteiger charge is -2.36. The molecule has 31 heavy (non-hydrogen) atoms. The van der Waals surface area contributed by atoms with E-state index in [0.29, 0.717) is 38.8 Å². The topological polar surface area (TPSA) is 122 Å². The smallest absolute Gasteiger partial charge is 0.325 e. The van der Waals surface area contributed by atoms with Crippen molar-refractivity contribution in [3.8, 4) is 0 Å². The first-order valence-electron chi connectivity index (χ1n) is 11.4. The summed E-state index contributed by atoms with van der Waals surface area (Å²) in [6.45, 7) is 1.78. The zero-order chi connectivity index (χ0) is 22.2. The van der Waals surface area contributed by atoms with Crippen LogP contribution in [-0.2, 0) is 14.4 Å². The minimum atomic E-state index is -0.716. The number of imide groups is 1. The van der Waals surface area contributed by atoms with Crippen LogP contribution >= 0.6 is 0 Å². The van der Waals surface area contributed by atoms with E-state index in [2.05, 4.69) is 10.6 Å². The van der Waals surface area contributed by atoms with Gasteiger partial charge in [0.05, 0.1) is 18.7 Å². The number of urea groups is 1. The molecule has 0 unspecified atom stereocenters. The number of carbonyl (C=O) groups excluding carboxylic acids is 4. The molecule has 0 aromatic heterocycles. The predicted octanol–water partition coefficient (Wildman–Crippen LogP) is -0.587. The van der Waals surface area contributed by atoms with Crippen LogP contribution in [0.4, 0.5) is 4.79 Å². The Bertz CT molecular complexity index is 752. The van der Waals surface area contributed by atoms with Crippen LogP contribution in [0.3, 0.4) is 0 Å². The van der Waals surface area contributed by atoms with Crippen molar-refractivity contribution < 1.29 is 24.3 Å². The number of amides is 5. The molecule has 2 aliphatic carbocycles. The Morgan fingerprint density at radius 3 is 2.68 bits per heavy atom. The van der Waals surface area contributed by atoms with Crippen molar-refractivity contribution in [2.24, 2.45) is 0 Å². The van der Waals surface area contributed by atoms with E-state index in [1.54, 1.807) is 11.9 Å².